The molecule has 0 aliphatic carbocycles. The van der Waals surface area contributed by atoms with Crippen molar-refractivity contribution < 1.29 is 22.3 Å². The van der Waals surface area contributed by atoms with Gasteiger partial charge in [0.15, 0.2) is 11.6 Å². The van der Waals surface area contributed by atoms with Gasteiger partial charge in [-0.25, -0.2) is 14.8 Å². The van der Waals surface area contributed by atoms with Crippen LogP contribution in [0.5, 0.6) is 0 Å². The molecule has 0 amide bonds. The molecule has 2 aliphatic rings. The van der Waals surface area contributed by atoms with Crippen LogP contribution >= 0.6 is 0 Å². The normalized spacial score (nSPS) is 17.0. The highest BCUT2D eigenvalue weighted by molar-refractivity contribution is 5.78. The Morgan fingerprint density at radius 2 is 1.79 bits per heavy atom. The first-order valence-corrected chi connectivity index (χ1v) is 12.7. The molecular weight excluding hydrogens is 516 g/mol. The summed E-state index contributed by atoms with van der Waals surface area (Å²) < 4.78 is 61.0. The second-order valence-electron chi connectivity index (χ2n) is 9.26. The number of rotatable bonds is 7. The summed E-state index contributed by atoms with van der Waals surface area (Å²) in [6, 6.07) is 7.74. The number of morpholine rings is 1. The molecular formula is C26H28F4N8O. The minimum absolute atomic E-state index is 0.114. The van der Waals surface area contributed by atoms with E-state index in [1.165, 1.54) is 12.4 Å². The van der Waals surface area contributed by atoms with E-state index in [1.807, 2.05) is 0 Å². The molecule has 0 spiro atoms. The van der Waals surface area contributed by atoms with Crippen LogP contribution in [0.15, 0.2) is 47.8 Å². The van der Waals surface area contributed by atoms with E-state index < -0.39 is 17.6 Å². The van der Waals surface area contributed by atoms with Crippen molar-refractivity contribution in [1.82, 2.24) is 20.3 Å². The summed E-state index contributed by atoms with van der Waals surface area (Å²) in [6.07, 6.45) is 0.929. The molecule has 2 fully saturated rings. The molecule has 2 aromatic heterocycles. The molecule has 2 aliphatic heterocycles. The van der Waals surface area contributed by atoms with Crippen molar-refractivity contribution in [2.75, 3.05) is 55.0 Å². The summed E-state index contributed by atoms with van der Waals surface area (Å²) in [4.78, 5) is 14.1. The highest BCUT2D eigenvalue weighted by Crippen LogP contribution is 2.39. The maximum absolute atomic E-state index is 14.2. The number of alkyl halides is 3. The second-order valence-corrected chi connectivity index (χ2v) is 9.26. The number of hydrogen-bond donors (Lipinski definition) is 3. The van der Waals surface area contributed by atoms with Gasteiger partial charge in [0.1, 0.15) is 0 Å². The van der Waals surface area contributed by atoms with E-state index in [9.17, 15) is 17.6 Å². The number of nitrogens with one attached hydrogen (secondary N) is 3. The standard InChI is InChI=1S/C26H28F4N8O/c27-23-16-33-25(36-24(23)38-9-11-39-12-10-38)37-34-15-19-1-2-20(14-32-19)35-18-3-4-21(17-5-7-31-8-6-17)22(13-18)26(28,29)30/h1-4,13-17,31,35H,5-12H2,(H,33,36,37)/b34-15+. The molecule has 3 aromatic rings. The fraction of sp³-hybridized carbons (Fsp3) is 0.385. The van der Waals surface area contributed by atoms with E-state index in [2.05, 4.69) is 36.1 Å². The summed E-state index contributed by atoms with van der Waals surface area (Å²) in [5.74, 6) is -0.339. The fourth-order valence-corrected chi connectivity index (χ4v) is 4.66. The molecule has 0 radical (unpaired) electrons. The van der Waals surface area contributed by atoms with Crippen molar-refractivity contribution in [3.05, 3.63) is 65.4 Å². The Balaban J connectivity index is 1.22. The van der Waals surface area contributed by atoms with Crippen LogP contribution in [0.25, 0.3) is 0 Å². The molecule has 39 heavy (non-hydrogen) atoms. The number of nitrogens with zero attached hydrogens (tertiary/aromatic N) is 5. The topological polar surface area (TPSA) is 99.6 Å². The molecule has 0 atom stereocenters. The lowest BCUT2D eigenvalue weighted by Gasteiger charge is -2.27. The molecule has 9 nitrogen and oxygen atoms in total. The first-order chi connectivity index (χ1) is 18.9. The minimum Gasteiger partial charge on any atom is -0.378 e. The van der Waals surface area contributed by atoms with Crippen molar-refractivity contribution >= 4 is 29.4 Å². The Morgan fingerprint density at radius 3 is 2.51 bits per heavy atom. The Bertz CT molecular complexity index is 1290. The highest BCUT2D eigenvalue weighted by atomic mass is 19.4. The molecule has 1 aromatic carbocycles. The monoisotopic (exact) mass is 544 g/mol. The van der Waals surface area contributed by atoms with Crippen LogP contribution in [-0.2, 0) is 10.9 Å². The quantitative estimate of drug-likeness (QED) is 0.227. The Hall–Kier alpha value is -3.84. The molecule has 2 saturated heterocycles. The van der Waals surface area contributed by atoms with Crippen LogP contribution in [0.2, 0.25) is 0 Å². The third kappa shape index (κ3) is 6.79. The van der Waals surface area contributed by atoms with Crippen molar-refractivity contribution in [2.45, 2.75) is 24.9 Å². The average molecular weight is 545 g/mol. The summed E-state index contributed by atoms with van der Waals surface area (Å²) in [7, 11) is 0. The summed E-state index contributed by atoms with van der Waals surface area (Å²) in [6.45, 7) is 3.47. The van der Waals surface area contributed by atoms with Crippen molar-refractivity contribution in [1.29, 1.82) is 0 Å². The van der Waals surface area contributed by atoms with Gasteiger partial charge in [0, 0.05) is 18.8 Å². The van der Waals surface area contributed by atoms with E-state index in [1.54, 1.807) is 29.2 Å². The van der Waals surface area contributed by atoms with Gasteiger partial charge in [-0.2, -0.15) is 23.3 Å². The highest BCUT2D eigenvalue weighted by Gasteiger charge is 2.35. The molecule has 0 bridgehead atoms. The van der Waals surface area contributed by atoms with Crippen LogP contribution in [0.3, 0.4) is 0 Å². The maximum Gasteiger partial charge on any atom is 0.416 e. The van der Waals surface area contributed by atoms with Gasteiger partial charge in [-0.3, -0.25) is 4.98 Å². The molecule has 13 heteroatoms. The largest absolute Gasteiger partial charge is 0.416 e. The number of piperidine rings is 1. The number of hydrogen-bond acceptors (Lipinski definition) is 9. The van der Waals surface area contributed by atoms with E-state index in [0.29, 0.717) is 74.9 Å². The Morgan fingerprint density at radius 1 is 1.03 bits per heavy atom. The van der Waals surface area contributed by atoms with Gasteiger partial charge < -0.3 is 20.3 Å². The summed E-state index contributed by atoms with van der Waals surface area (Å²) in [5, 5.41) is 10.2. The van der Waals surface area contributed by atoms with E-state index in [4.69, 9.17) is 4.74 Å². The molecule has 4 heterocycles. The zero-order valence-corrected chi connectivity index (χ0v) is 21.0. The molecule has 5 rings (SSSR count). The molecule has 3 N–H and O–H groups in total. The van der Waals surface area contributed by atoms with Crippen LogP contribution in [0, 0.1) is 5.82 Å². The number of pyridine rings is 1. The fourth-order valence-electron chi connectivity index (χ4n) is 4.66. The first-order valence-electron chi connectivity index (χ1n) is 12.7. The lowest BCUT2D eigenvalue weighted by atomic mass is 9.86. The summed E-state index contributed by atoms with van der Waals surface area (Å²) in [5.41, 5.74) is 3.74. The average Bonchev–Trinajstić information content (AvgIpc) is 2.95. The van der Waals surface area contributed by atoms with Gasteiger partial charge in [0.25, 0.3) is 0 Å². The van der Waals surface area contributed by atoms with Gasteiger partial charge in [0.2, 0.25) is 5.95 Å². The van der Waals surface area contributed by atoms with Crippen LogP contribution in [0.1, 0.15) is 35.6 Å². The van der Waals surface area contributed by atoms with Gasteiger partial charge in [-0.15, -0.1) is 0 Å². The van der Waals surface area contributed by atoms with Gasteiger partial charge in [-0.05, 0) is 61.7 Å². The number of benzene rings is 1. The third-order valence-electron chi connectivity index (χ3n) is 6.61. The van der Waals surface area contributed by atoms with Gasteiger partial charge >= 0.3 is 6.18 Å². The number of ether oxygens (including phenoxy) is 1. The Labute approximate surface area is 222 Å². The smallest absolute Gasteiger partial charge is 0.378 e. The number of anilines is 4. The number of halogens is 4. The third-order valence-corrected chi connectivity index (χ3v) is 6.61. The van der Waals surface area contributed by atoms with E-state index in [0.717, 1.165) is 12.3 Å². The zero-order chi connectivity index (χ0) is 27.2. The van der Waals surface area contributed by atoms with E-state index >= 15 is 0 Å². The maximum atomic E-state index is 14.2. The van der Waals surface area contributed by atoms with Crippen molar-refractivity contribution in [3.63, 3.8) is 0 Å². The lowest BCUT2D eigenvalue weighted by molar-refractivity contribution is -0.138. The zero-order valence-electron chi connectivity index (χ0n) is 21.0. The predicted octanol–water partition coefficient (Wildman–Crippen LogP) is 4.52. The van der Waals surface area contributed by atoms with Crippen LogP contribution in [-0.4, -0.2) is 60.6 Å². The number of hydrazone groups is 1. The first kappa shape index (κ1) is 26.8. The van der Waals surface area contributed by atoms with Crippen molar-refractivity contribution in [2.24, 2.45) is 5.10 Å². The predicted molar refractivity (Wildman–Crippen MR) is 140 cm³/mol. The molecule has 0 saturated carbocycles. The Kier molecular flexibility index (Phi) is 8.17. The van der Waals surface area contributed by atoms with E-state index in [-0.39, 0.29) is 17.7 Å². The lowest BCUT2D eigenvalue weighted by Crippen LogP contribution is -2.37. The van der Waals surface area contributed by atoms with Crippen LogP contribution in [0.4, 0.5) is 40.7 Å². The number of aromatic nitrogens is 3. The SMILES string of the molecule is Fc1cnc(N/N=C/c2ccc(Nc3ccc(C4CCNCC4)c(C(F)(F)F)c3)cn2)nc1N1CCOCC1. The van der Waals surface area contributed by atoms with Crippen LogP contribution < -0.4 is 21.0 Å². The molecule has 0 unspecified atom stereocenters. The van der Waals surface area contributed by atoms with Crippen molar-refractivity contribution in [3.8, 4) is 0 Å². The summed E-state index contributed by atoms with van der Waals surface area (Å²) >= 11 is 0. The second kappa shape index (κ2) is 11.9. The van der Waals surface area contributed by atoms with Gasteiger partial charge in [0.05, 0.1) is 48.8 Å². The minimum atomic E-state index is -4.44. The molecule has 206 valence electrons. The van der Waals surface area contributed by atoms with Gasteiger partial charge in [-0.1, -0.05) is 6.07 Å².